The molecule has 0 fully saturated rings. The molecule has 0 saturated heterocycles. The van der Waals surface area contributed by atoms with E-state index in [9.17, 15) is 4.79 Å². The van der Waals surface area contributed by atoms with Crippen LogP contribution in [-0.4, -0.2) is 9.55 Å². The highest BCUT2D eigenvalue weighted by Gasteiger charge is 1.97. The summed E-state index contributed by atoms with van der Waals surface area (Å²) in [6.45, 7) is 0.548. The van der Waals surface area contributed by atoms with Gasteiger partial charge in [-0.1, -0.05) is 28.1 Å². The van der Waals surface area contributed by atoms with Crippen LogP contribution in [0, 0.1) is 0 Å². The molecule has 0 atom stereocenters. The first-order valence-corrected chi connectivity index (χ1v) is 5.31. The fraction of sp³-hybridized carbons (Fsp3) is 0.0909. The minimum Gasteiger partial charge on any atom is -0.295 e. The van der Waals surface area contributed by atoms with Crippen LogP contribution in [0.4, 0.5) is 0 Å². The molecule has 15 heavy (non-hydrogen) atoms. The van der Waals surface area contributed by atoms with E-state index in [4.69, 9.17) is 0 Å². The minimum absolute atomic E-state index is 0.225. The number of aromatic nitrogens is 2. The molecule has 0 saturated carbocycles. The summed E-state index contributed by atoms with van der Waals surface area (Å²) in [4.78, 5) is 15.0. The van der Waals surface area contributed by atoms with Gasteiger partial charge in [-0.2, -0.15) is 0 Å². The normalized spacial score (nSPS) is 10.2. The molecule has 0 aliphatic carbocycles. The second-order valence-electron chi connectivity index (χ2n) is 3.16. The molecular weight excluding hydrogens is 256 g/mol. The van der Waals surface area contributed by atoms with Gasteiger partial charge in [0.25, 0.3) is 0 Å². The Morgan fingerprint density at radius 2 is 2.20 bits per heavy atom. The molecule has 0 aliphatic heterocycles. The maximum atomic E-state index is 11.3. The lowest BCUT2D eigenvalue weighted by molar-refractivity contribution is 0.726. The molecule has 0 bridgehead atoms. The van der Waals surface area contributed by atoms with E-state index in [2.05, 4.69) is 20.9 Å². The van der Waals surface area contributed by atoms with Crippen LogP contribution >= 0.6 is 15.9 Å². The van der Waals surface area contributed by atoms with Gasteiger partial charge in [-0.25, -0.2) is 9.78 Å². The van der Waals surface area contributed by atoms with Gasteiger partial charge >= 0.3 is 5.69 Å². The Labute approximate surface area is 95.5 Å². The molecule has 0 amide bonds. The van der Waals surface area contributed by atoms with Gasteiger partial charge in [0.2, 0.25) is 0 Å². The lowest BCUT2D eigenvalue weighted by atomic mass is 10.2. The Balaban J connectivity index is 2.30. The number of rotatable bonds is 2. The fourth-order valence-corrected chi connectivity index (χ4v) is 1.79. The van der Waals surface area contributed by atoms with Gasteiger partial charge in [0.1, 0.15) is 0 Å². The van der Waals surface area contributed by atoms with Crippen LogP contribution in [0.5, 0.6) is 0 Å². The maximum Gasteiger partial charge on any atom is 0.347 e. The van der Waals surface area contributed by atoms with E-state index >= 15 is 0 Å². The lowest BCUT2D eigenvalue weighted by Crippen LogP contribution is -2.21. The zero-order valence-electron chi connectivity index (χ0n) is 7.93. The van der Waals surface area contributed by atoms with E-state index in [0.29, 0.717) is 6.54 Å². The van der Waals surface area contributed by atoms with Crippen LogP contribution < -0.4 is 5.69 Å². The average Bonchev–Trinajstić information content (AvgIpc) is 2.22. The molecule has 3 nitrogen and oxygen atoms in total. The zero-order valence-corrected chi connectivity index (χ0v) is 9.52. The highest BCUT2D eigenvalue weighted by molar-refractivity contribution is 9.10. The van der Waals surface area contributed by atoms with Crippen molar-refractivity contribution in [2.45, 2.75) is 6.54 Å². The van der Waals surface area contributed by atoms with E-state index < -0.39 is 0 Å². The fourth-order valence-electron chi connectivity index (χ4n) is 1.34. The first-order valence-electron chi connectivity index (χ1n) is 4.51. The summed E-state index contributed by atoms with van der Waals surface area (Å²) in [6.07, 6.45) is 3.23. The zero-order chi connectivity index (χ0) is 10.7. The van der Waals surface area contributed by atoms with E-state index in [1.807, 2.05) is 24.3 Å². The summed E-state index contributed by atoms with van der Waals surface area (Å²) in [5.74, 6) is 0. The van der Waals surface area contributed by atoms with Crippen molar-refractivity contribution < 1.29 is 0 Å². The molecule has 1 aromatic carbocycles. The van der Waals surface area contributed by atoms with Gasteiger partial charge in [-0.15, -0.1) is 0 Å². The Morgan fingerprint density at radius 1 is 1.33 bits per heavy atom. The van der Waals surface area contributed by atoms with Gasteiger partial charge in [-0.05, 0) is 23.8 Å². The standard InChI is InChI=1S/C11H9BrN2O/c12-10-4-1-3-9(7-10)8-14-6-2-5-13-11(14)15/h1-7H,8H2. The van der Waals surface area contributed by atoms with Gasteiger partial charge in [-0.3, -0.25) is 4.57 Å². The largest absolute Gasteiger partial charge is 0.347 e. The van der Waals surface area contributed by atoms with Crippen molar-refractivity contribution in [2.75, 3.05) is 0 Å². The second-order valence-corrected chi connectivity index (χ2v) is 4.08. The van der Waals surface area contributed by atoms with Crippen molar-refractivity contribution in [3.05, 3.63) is 63.2 Å². The lowest BCUT2D eigenvalue weighted by Gasteiger charge is -2.04. The van der Waals surface area contributed by atoms with E-state index in [-0.39, 0.29) is 5.69 Å². The molecule has 0 N–H and O–H groups in total. The van der Waals surface area contributed by atoms with Crippen LogP contribution in [0.15, 0.2) is 52.0 Å². The van der Waals surface area contributed by atoms with Crippen molar-refractivity contribution in [1.82, 2.24) is 9.55 Å². The summed E-state index contributed by atoms with van der Waals surface area (Å²) in [5.41, 5.74) is 0.844. The molecule has 0 aliphatic rings. The number of hydrogen-bond donors (Lipinski definition) is 0. The average molecular weight is 265 g/mol. The van der Waals surface area contributed by atoms with Crippen molar-refractivity contribution in [3.8, 4) is 0 Å². The van der Waals surface area contributed by atoms with Crippen molar-refractivity contribution in [2.24, 2.45) is 0 Å². The topological polar surface area (TPSA) is 34.9 Å². The smallest absolute Gasteiger partial charge is 0.295 e. The quantitative estimate of drug-likeness (QED) is 0.833. The molecular formula is C11H9BrN2O. The second kappa shape index (κ2) is 4.40. The van der Waals surface area contributed by atoms with Gasteiger partial charge in [0.15, 0.2) is 0 Å². The predicted octanol–water partition coefficient (Wildman–Crippen LogP) is 2.05. The Hall–Kier alpha value is -1.42. The SMILES string of the molecule is O=c1ncccn1Cc1cccc(Br)c1. The summed E-state index contributed by atoms with van der Waals surface area (Å²) in [6, 6.07) is 9.61. The monoisotopic (exact) mass is 264 g/mol. The minimum atomic E-state index is -0.225. The van der Waals surface area contributed by atoms with Crippen LogP contribution in [0.2, 0.25) is 0 Å². The molecule has 2 rings (SSSR count). The van der Waals surface area contributed by atoms with Crippen molar-refractivity contribution in [3.63, 3.8) is 0 Å². The van der Waals surface area contributed by atoms with E-state index in [0.717, 1.165) is 10.0 Å². The predicted molar refractivity (Wildman–Crippen MR) is 61.7 cm³/mol. The first kappa shape index (κ1) is 10.1. The third-order valence-electron chi connectivity index (χ3n) is 2.02. The van der Waals surface area contributed by atoms with Crippen LogP contribution in [-0.2, 0) is 6.54 Å². The summed E-state index contributed by atoms with van der Waals surface area (Å²) in [7, 11) is 0. The van der Waals surface area contributed by atoms with Gasteiger partial charge < -0.3 is 0 Å². The van der Waals surface area contributed by atoms with Gasteiger partial charge in [0.05, 0.1) is 6.54 Å². The summed E-state index contributed by atoms with van der Waals surface area (Å²) < 4.78 is 2.58. The van der Waals surface area contributed by atoms with Crippen LogP contribution in [0.3, 0.4) is 0 Å². The first-order chi connectivity index (χ1) is 7.25. The number of nitrogens with zero attached hydrogens (tertiary/aromatic N) is 2. The van der Waals surface area contributed by atoms with Gasteiger partial charge in [0, 0.05) is 16.9 Å². The highest BCUT2D eigenvalue weighted by atomic mass is 79.9. The Bertz CT molecular complexity index is 522. The number of halogens is 1. The molecule has 1 aromatic heterocycles. The molecule has 76 valence electrons. The molecule has 1 heterocycles. The highest BCUT2D eigenvalue weighted by Crippen LogP contribution is 2.11. The third-order valence-corrected chi connectivity index (χ3v) is 2.52. The number of benzene rings is 1. The third kappa shape index (κ3) is 2.53. The van der Waals surface area contributed by atoms with Crippen LogP contribution in [0.1, 0.15) is 5.56 Å². The van der Waals surface area contributed by atoms with Crippen molar-refractivity contribution in [1.29, 1.82) is 0 Å². The molecule has 0 radical (unpaired) electrons. The van der Waals surface area contributed by atoms with Crippen LogP contribution in [0.25, 0.3) is 0 Å². The summed E-state index contributed by atoms with van der Waals surface area (Å²) >= 11 is 3.39. The Kier molecular flexibility index (Phi) is 2.97. The molecule has 4 heteroatoms. The maximum absolute atomic E-state index is 11.3. The molecule has 2 aromatic rings. The van der Waals surface area contributed by atoms with E-state index in [1.165, 1.54) is 6.20 Å². The summed E-state index contributed by atoms with van der Waals surface area (Å²) in [5, 5.41) is 0. The Morgan fingerprint density at radius 3 is 2.93 bits per heavy atom. The van der Waals surface area contributed by atoms with E-state index in [1.54, 1.807) is 16.8 Å². The molecule has 0 spiro atoms. The van der Waals surface area contributed by atoms with Crippen molar-refractivity contribution >= 4 is 15.9 Å². The number of hydrogen-bond acceptors (Lipinski definition) is 2. The molecule has 0 unspecified atom stereocenters.